The van der Waals surface area contributed by atoms with Crippen molar-refractivity contribution < 1.29 is 9.53 Å². The summed E-state index contributed by atoms with van der Waals surface area (Å²) >= 11 is 0. The summed E-state index contributed by atoms with van der Waals surface area (Å²) in [5, 5.41) is 6.10. The molecule has 6 heteroatoms. The zero-order valence-electron chi connectivity index (χ0n) is 16.3. The molecule has 0 aliphatic rings. The Labute approximate surface area is 165 Å². The first-order chi connectivity index (χ1) is 13.6. The number of nitrogens with zero attached hydrogens (tertiary/aromatic N) is 2. The SMILES string of the molecule is COc1ccccc1CCNc1cnc(C(=O)Nc2cc(C)ccc2C)cn1. The van der Waals surface area contributed by atoms with E-state index in [4.69, 9.17) is 4.74 Å². The Bertz CT molecular complexity index is 955. The van der Waals surface area contributed by atoms with Gasteiger partial charge in [-0.1, -0.05) is 30.3 Å². The Morgan fingerprint density at radius 3 is 2.64 bits per heavy atom. The number of amides is 1. The van der Waals surface area contributed by atoms with Gasteiger partial charge in [-0.3, -0.25) is 4.79 Å². The van der Waals surface area contributed by atoms with Crippen LogP contribution in [-0.2, 0) is 6.42 Å². The van der Waals surface area contributed by atoms with Crippen LogP contribution in [0, 0.1) is 13.8 Å². The van der Waals surface area contributed by atoms with Crippen LogP contribution in [0.4, 0.5) is 11.5 Å². The molecule has 0 fully saturated rings. The number of aryl methyl sites for hydroxylation is 2. The second-order valence-corrected chi connectivity index (χ2v) is 6.55. The highest BCUT2D eigenvalue weighted by Gasteiger charge is 2.10. The number of carbonyl (C=O) groups is 1. The number of para-hydroxylation sites is 1. The normalized spacial score (nSPS) is 10.4. The van der Waals surface area contributed by atoms with E-state index < -0.39 is 0 Å². The van der Waals surface area contributed by atoms with Gasteiger partial charge in [-0.15, -0.1) is 0 Å². The van der Waals surface area contributed by atoms with E-state index in [2.05, 4.69) is 20.6 Å². The monoisotopic (exact) mass is 376 g/mol. The number of carbonyl (C=O) groups excluding carboxylic acids is 1. The summed E-state index contributed by atoms with van der Waals surface area (Å²) in [5.74, 6) is 1.22. The molecule has 28 heavy (non-hydrogen) atoms. The quantitative estimate of drug-likeness (QED) is 0.652. The number of nitrogens with one attached hydrogen (secondary N) is 2. The third-order valence-electron chi connectivity index (χ3n) is 4.42. The predicted molar refractivity (Wildman–Crippen MR) is 111 cm³/mol. The molecule has 1 aromatic heterocycles. The van der Waals surface area contributed by atoms with Gasteiger partial charge in [-0.2, -0.15) is 0 Å². The van der Waals surface area contributed by atoms with Gasteiger partial charge >= 0.3 is 0 Å². The topological polar surface area (TPSA) is 76.1 Å². The number of benzene rings is 2. The van der Waals surface area contributed by atoms with E-state index in [1.54, 1.807) is 13.3 Å². The number of rotatable bonds is 7. The summed E-state index contributed by atoms with van der Waals surface area (Å²) in [4.78, 5) is 20.9. The minimum atomic E-state index is -0.276. The molecular formula is C22H24N4O2. The van der Waals surface area contributed by atoms with Gasteiger partial charge in [0.15, 0.2) is 0 Å². The summed E-state index contributed by atoms with van der Waals surface area (Å²) in [6.45, 7) is 4.62. The van der Waals surface area contributed by atoms with Crippen LogP contribution in [0.15, 0.2) is 54.9 Å². The lowest BCUT2D eigenvalue weighted by molar-refractivity contribution is 0.102. The predicted octanol–water partition coefficient (Wildman–Crippen LogP) is 4.01. The van der Waals surface area contributed by atoms with Crippen molar-refractivity contribution in [2.45, 2.75) is 20.3 Å². The van der Waals surface area contributed by atoms with Crippen molar-refractivity contribution in [1.82, 2.24) is 9.97 Å². The van der Waals surface area contributed by atoms with Gasteiger partial charge in [-0.05, 0) is 49.1 Å². The van der Waals surface area contributed by atoms with Crippen molar-refractivity contribution >= 4 is 17.4 Å². The highest BCUT2D eigenvalue weighted by atomic mass is 16.5. The molecular weight excluding hydrogens is 352 g/mol. The summed E-state index contributed by atoms with van der Waals surface area (Å²) in [5.41, 5.74) is 4.26. The smallest absolute Gasteiger partial charge is 0.275 e. The average molecular weight is 376 g/mol. The molecule has 0 radical (unpaired) electrons. The Kier molecular flexibility index (Phi) is 6.22. The molecule has 3 rings (SSSR count). The summed E-state index contributed by atoms with van der Waals surface area (Å²) in [6, 6.07) is 13.8. The van der Waals surface area contributed by atoms with E-state index >= 15 is 0 Å². The molecule has 0 spiro atoms. The van der Waals surface area contributed by atoms with Crippen LogP contribution in [0.3, 0.4) is 0 Å². The molecule has 0 bridgehead atoms. The van der Waals surface area contributed by atoms with Crippen molar-refractivity contribution in [3.8, 4) is 5.75 Å². The second-order valence-electron chi connectivity index (χ2n) is 6.55. The lowest BCUT2D eigenvalue weighted by atomic mass is 10.1. The zero-order chi connectivity index (χ0) is 19.9. The maximum atomic E-state index is 12.4. The van der Waals surface area contributed by atoms with Crippen LogP contribution in [0.2, 0.25) is 0 Å². The van der Waals surface area contributed by atoms with Gasteiger partial charge in [-0.25, -0.2) is 9.97 Å². The first-order valence-corrected chi connectivity index (χ1v) is 9.13. The fraction of sp³-hybridized carbons (Fsp3) is 0.227. The lowest BCUT2D eigenvalue weighted by Crippen LogP contribution is -2.15. The van der Waals surface area contributed by atoms with Gasteiger partial charge in [0.1, 0.15) is 17.3 Å². The fourth-order valence-corrected chi connectivity index (χ4v) is 2.83. The third kappa shape index (κ3) is 4.85. The van der Waals surface area contributed by atoms with Crippen molar-refractivity contribution in [2.75, 3.05) is 24.3 Å². The molecule has 2 aromatic carbocycles. The molecule has 6 nitrogen and oxygen atoms in total. The number of hydrogen-bond donors (Lipinski definition) is 2. The highest BCUT2D eigenvalue weighted by Crippen LogP contribution is 2.18. The minimum absolute atomic E-state index is 0.274. The zero-order valence-corrected chi connectivity index (χ0v) is 16.3. The van der Waals surface area contributed by atoms with E-state index in [-0.39, 0.29) is 11.6 Å². The van der Waals surface area contributed by atoms with Gasteiger partial charge in [0, 0.05) is 12.2 Å². The average Bonchev–Trinajstić information content (AvgIpc) is 2.71. The van der Waals surface area contributed by atoms with Crippen LogP contribution in [0.5, 0.6) is 5.75 Å². The Balaban J connectivity index is 1.57. The van der Waals surface area contributed by atoms with Crippen LogP contribution in [-0.4, -0.2) is 29.5 Å². The third-order valence-corrected chi connectivity index (χ3v) is 4.42. The second kappa shape index (κ2) is 8.99. The first-order valence-electron chi connectivity index (χ1n) is 9.13. The summed E-state index contributed by atoms with van der Waals surface area (Å²) in [6.07, 6.45) is 3.84. The van der Waals surface area contributed by atoms with E-state index in [9.17, 15) is 4.79 Å². The van der Waals surface area contributed by atoms with Crippen molar-refractivity contribution in [2.24, 2.45) is 0 Å². The summed E-state index contributed by atoms with van der Waals surface area (Å²) < 4.78 is 5.35. The van der Waals surface area contributed by atoms with E-state index in [1.807, 2.05) is 56.3 Å². The standard InChI is InChI=1S/C22H24N4O2/c1-15-8-9-16(2)18(12-15)26-22(27)19-13-25-21(14-24-19)23-11-10-17-6-4-5-7-20(17)28-3/h4-9,12-14H,10-11H2,1-3H3,(H,23,25)(H,26,27). The van der Waals surface area contributed by atoms with E-state index in [0.29, 0.717) is 12.4 Å². The maximum Gasteiger partial charge on any atom is 0.275 e. The largest absolute Gasteiger partial charge is 0.496 e. The number of ether oxygens (including phenoxy) is 1. The van der Waals surface area contributed by atoms with Crippen molar-refractivity contribution in [1.29, 1.82) is 0 Å². The van der Waals surface area contributed by atoms with E-state index in [1.165, 1.54) is 6.20 Å². The number of aromatic nitrogens is 2. The fourth-order valence-electron chi connectivity index (χ4n) is 2.83. The minimum Gasteiger partial charge on any atom is -0.496 e. The number of methoxy groups -OCH3 is 1. The van der Waals surface area contributed by atoms with Gasteiger partial charge in [0.2, 0.25) is 0 Å². The molecule has 0 aliphatic heterocycles. The van der Waals surface area contributed by atoms with Gasteiger partial charge in [0.05, 0.1) is 19.5 Å². The molecule has 0 saturated heterocycles. The molecule has 2 N–H and O–H groups in total. The van der Waals surface area contributed by atoms with Gasteiger partial charge < -0.3 is 15.4 Å². The van der Waals surface area contributed by atoms with Crippen LogP contribution < -0.4 is 15.4 Å². The molecule has 144 valence electrons. The van der Waals surface area contributed by atoms with Gasteiger partial charge in [0.25, 0.3) is 5.91 Å². The van der Waals surface area contributed by atoms with Crippen molar-refractivity contribution in [3.05, 3.63) is 77.2 Å². The van der Waals surface area contributed by atoms with Crippen LogP contribution in [0.1, 0.15) is 27.2 Å². The Morgan fingerprint density at radius 1 is 1.07 bits per heavy atom. The Morgan fingerprint density at radius 2 is 1.89 bits per heavy atom. The molecule has 0 saturated carbocycles. The van der Waals surface area contributed by atoms with E-state index in [0.717, 1.165) is 34.5 Å². The number of hydrogen-bond acceptors (Lipinski definition) is 5. The first kappa shape index (κ1) is 19.4. The molecule has 0 aliphatic carbocycles. The molecule has 0 atom stereocenters. The van der Waals surface area contributed by atoms with Crippen LogP contribution in [0.25, 0.3) is 0 Å². The summed E-state index contributed by atoms with van der Waals surface area (Å²) in [7, 11) is 1.67. The van der Waals surface area contributed by atoms with Crippen LogP contribution >= 0.6 is 0 Å². The Hall–Kier alpha value is -3.41. The molecule has 0 unspecified atom stereocenters. The van der Waals surface area contributed by atoms with Crippen molar-refractivity contribution in [3.63, 3.8) is 0 Å². The number of anilines is 2. The maximum absolute atomic E-state index is 12.4. The highest BCUT2D eigenvalue weighted by molar-refractivity contribution is 6.03. The lowest BCUT2D eigenvalue weighted by Gasteiger charge is -2.10. The molecule has 1 amide bonds. The molecule has 3 aromatic rings. The molecule has 1 heterocycles.